The number of nitrogens with one attached hydrogen (secondary N) is 1. The number of nitrogens with zero attached hydrogens (tertiary/aromatic N) is 3. The van der Waals surface area contributed by atoms with Crippen molar-refractivity contribution in [1.82, 2.24) is 20.0 Å². The van der Waals surface area contributed by atoms with Crippen molar-refractivity contribution >= 4 is 12.0 Å². The Kier molecular flexibility index (Phi) is 6.71. The zero-order valence-electron chi connectivity index (χ0n) is 17.4. The van der Waals surface area contributed by atoms with Crippen LogP contribution in [0.4, 0.5) is 4.79 Å². The summed E-state index contributed by atoms with van der Waals surface area (Å²) in [6.07, 6.45) is 0.0919. The van der Waals surface area contributed by atoms with Crippen LogP contribution >= 0.6 is 0 Å². The molecule has 160 valence electrons. The molecule has 2 amide bonds. The first-order chi connectivity index (χ1) is 14.4. The number of hydrogen-bond donors (Lipinski definition) is 1. The lowest BCUT2D eigenvalue weighted by molar-refractivity contribution is -0.122. The summed E-state index contributed by atoms with van der Waals surface area (Å²) in [6, 6.07) is 8.62. The number of methoxy groups -OCH3 is 1. The van der Waals surface area contributed by atoms with Crippen LogP contribution in [-0.2, 0) is 29.0 Å². The predicted octanol–water partition coefficient (Wildman–Crippen LogP) is 1.64. The van der Waals surface area contributed by atoms with Gasteiger partial charge in [-0.05, 0) is 31.5 Å². The highest BCUT2D eigenvalue weighted by Crippen LogP contribution is 2.19. The van der Waals surface area contributed by atoms with E-state index in [9.17, 15) is 14.4 Å². The third-order valence-electron chi connectivity index (χ3n) is 4.93. The molecule has 0 saturated carbocycles. The maximum absolute atomic E-state index is 12.5. The average Bonchev–Trinajstić information content (AvgIpc) is 2.74. The molecule has 1 aromatic heterocycles. The van der Waals surface area contributed by atoms with Gasteiger partial charge in [-0.3, -0.25) is 9.59 Å². The summed E-state index contributed by atoms with van der Waals surface area (Å²) in [5.74, 6) is 0.391. The van der Waals surface area contributed by atoms with Gasteiger partial charge in [0, 0.05) is 24.6 Å². The first-order valence-corrected chi connectivity index (χ1v) is 9.86. The van der Waals surface area contributed by atoms with Crippen molar-refractivity contribution in [3.63, 3.8) is 0 Å². The Hall–Kier alpha value is -3.36. The molecule has 0 spiro atoms. The molecule has 0 saturated heterocycles. The van der Waals surface area contributed by atoms with Gasteiger partial charge in [0.25, 0.3) is 5.56 Å². The maximum Gasteiger partial charge on any atom is 0.410 e. The SMILES string of the molecule is CCOC(=O)N1CCc2nn(CC(=O)NC(C)c3cccc(OC)c3)c(=O)cc2C1. The summed E-state index contributed by atoms with van der Waals surface area (Å²) in [4.78, 5) is 38.4. The van der Waals surface area contributed by atoms with E-state index in [4.69, 9.17) is 9.47 Å². The molecule has 1 aliphatic heterocycles. The molecule has 0 aliphatic carbocycles. The Balaban J connectivity index is 1.66. The first kappa shape index (κ1) is 21.4. The Labute approximate surface area is 174 Å². The second-order valence-corrected chi connectivity index (χ2v) is 7.05. The van der Waals surface area contributed by atoms with E-state index in [0.717, 1.165) is 10.2 Å². The van der Waals surface area contributed by atoms with Crippen LogP contribution < -0.4 is 15.6 Å². The Bertz CT molecular complexity index is 988. The lowest BCUT2D eigenvalue weighted by atomic mass is 10.1. The zero-order chi connectivity index (χ0) is 21.7. The van der Waals surface area contributed by atoms with Gasteiger partial charge in [-0.25, -0.2) is 9.48 Å². The molecule has 9 heteroatoms. The monoisotopic (exact) mass is 414 g/mol. The summed E-state index contributed by atoms with van der Waals surface area (Å²) in [5, 5.41) is 7.22. The molecule has 1 unspecified atom stereocenters. The Morgan fingerprint density at radius 1 is 1.30 bits per heavy atom. The number of carbonyl (C=O) groups excluding carboxylic acids is 2. The van der Waals surface area contributed by atoms with Crippen molar-refractivity contribution in [3.05, 3.63) is 57.5 Å². The van der Waals surface area contributed by atoms with E-state index in [-0.39, 0.29) is 30.6 Å². The second-order valence-electron chi connectivity index (χ2n) is 7.05. The highest BCUT2D eigenvalue weighted by molar-refractivity contribution is 5.76. The van der Waals surface area contributed by atoms with Crippen LogP contribution in [0.5, 0.6) is 5.75 Å². The van der Waals surface area contributed by atoms with Gasteiger partial charge < -0.3 is 19.7 Å². The van der Waals surface area contributed by atoms with Crippen molar-refractivity contribution < 1.29 is 19.1 Å². The van der Waals surface area contributed by atoms with Crippen LogP contribution in [0.1, 0.15) is 36.7 Å². The molecule has 3 rings (SSSR count). The van der Waals surface area contributed by atoms with Gasteiger partial charge in [0.1, 0.15) is 12.3 Å². The fourth-order valence-corrected chi connectivity index (χ4v) is 3.34. The van der Waals surface area contributed by atoms with Crippen LogP contribution in [0.3, 0.4) is 0 Å². The standard InChI is InChI=1S/C21H26N4O5/c1-4-30-21(28)24-9-8-18-16(12-24)11-20(27)25(23-18)13-19(26)22-14(2)15-6-5-7-17(10-15)29-3/h5-7,10-11,14H,4,8-9,12-13H2,1-3H3,(H,22,26). The van der Waals surface area contributed by atoms with Crippen molar-refractivity contribution in [2.75, 3.05) is 20.3 Å². The molecular weight excluding hydrogens is 388 g/mol. The molecule has 0 bridgehead atoms. The number of amides is 2. The Morgan fingerprint density at radius 2 is 2.10 bits per heavy atom. The highest BCUT2D eigenvalue weighted by atomic mass is 16.6. The predicted molar refractivity (Wildman–Crippen MR) is 109 cm³/mol. The van der Waals surface area contributed by atoms with E-state index in [2.05, 4.69) is 10.4 Å². The van der Waals surface area contributed by atoms with Crippen LogP contribution in [-0.4, -0.2) is 46.9 Å². The quantitative estimate of drug-likeness (QED) is 0.771. The number of hydrogen-bond acceptors (Lipinski definition) is 6. The molecule has 1 aromatic carbocycles. The van der Waals surface area contributed by atoms with Gasteiger partial charge in [-0.15, -0.1) is 0 Å². The summed E-state index contributed by atoms with van der Waals surface area (Å²) in [6.45, 7) is 4.45. The summed E-state index contributed by atoms with van der Waals surface area (Å²) >= 11 is 0. The number of ether oxygens (including phenoxy) is 2. The molecule has 30 heavy (non-hydrogen) atoms. The first-order valence-electron chi connectivity index (χ1n) is 9.86. The summed E-state index contributed by atoms with van der Waals surface area (Å²) in [5.41, 5.74) is 1.90. The van der Waals surface area contributed by atoms with Gasteiger partial charge in [-0.1, -0.05) is 12.1 Å². The van der Waals surface area contributed by atoms with Crippen LogP contribution in [0.2, 0.25) is 0 Å². The fraction of sp³-hybridized carbons (Fsp3) is 0.429. The second kappa shape index (κ2) is 9.43. The van der Waals surface area contributed by atoms with E-state index < -0.39 is 6.09 Å². The third kappa shape index (κ3) is 4.97. The lowest BCUT2D eigenvalue weighted by Gasteiger charge is -2.27. The Morgan fingerprint density at radius 3 is 2.83 bits per heavy atom. The van der Waals surface area contributed by atoms with E-state index in [1.165, 1.54) is 6.07 Å². The largest absolute Gasteiger partial charge is 0.497 e. The molecule has 9 nitrogen and oxygen atoms in total. The summed E-state index contributed by atoms with van der Waals surface area (Å²) < 4.78 is 11.4. The molecule has 0 radical (unpaired) electrons. The van der Waals surface area contributed by atoms with E-state index in [1.54, 1.807) is 18.9 Å². The number of rotatable bonds is 6. The van der Waals surface area contributed by atoms with Gasteiger partial charge >= 0.3 is 6.09 Å². The molecule has 2 heterocycles. The molecule has 1 atom stereocenters. The topological polar surface area (TPSA) is 103 Å². The van der Waals surface area contributed by atoms with E-state index in [0.29, 0.717) is 36.6 Å². The minimum absolute atomic E-state index is 0.179. The van der Waals surface area contributed by atoms with Crippen molar-refractivity contribution in [3.8, 4) is 5.75 Å². The van der Waals surface area contributed by atoms with E-state index >= 15 is 0 Å². The van der Waals surface area contributed by atoms with Crippen LogP contribution in [0, 0.1) is 0 Å². The van der Waals surface area contributed by atoms with Gasteiger partial charge in [0.05, 0.1) is 32.0 Å². The smallest absolute Gasteiger partial charge is 0.410 e. The minimum atomic E-state index is -0.404. The van der Waals surface area contributed by atoms with Crippen molar-refractivity contribution in [2.24, 2.45) is 0 Å². The zero-order valence-corrected chi connectivity index (χ0v) is 17.4. The van der Waals surface area contributed by atoms with Gasteiger partial charge in [-0.2, -0.15) is 5.10 Å². The fourth-order valence-electron chi connectivity index (χ4n) is 3.34. The molecule has 2 aromatic rings. The summed E-state index contributed by atoms with van der Waals surface area (Å²) in [7, 11) is 1.59. The highest BCUT2D eigenvalue weighted by Gasteiger charge is 2.24. The minimum Gasteiger partial charge on any atom is -0.497 e. The number of fused-ring (bicyclic) bond motifs is 1. The average molecular weight is 414 g/mol. The molecule has 1 aliphatic rings. The molecule has 0 fully saturated rings. The van der Waals surface area contributed by atoms with Crippen LogP contribution in [0.25, 0.3) is 0 Å². The number of benzene rings is 1. The number of carbonyl (C=O) groups is 2. The molecular formula is C21H26N4O5. The number of aromatic nitrogens is 2. The molecule has 1 N–H and O–H groups in total. The van der Waals surface area contributed by atoms with Crippen LogP contribution in [0.15, 0.2) is 35.1 Å². The maximum atomic E-state index is 12.5. The third-order valence-corrected chi connectivity index (χ3v) is 4.93. The van der Waals surface area contributed by atoms with Gasteiger partial charge in [0.2, 0.25) is 5.91 Å². The van der Waals surface area contributed by atoms with Crippen molar-refractivity contribution in [2.45, 2.75) is 39.4 Å². The lowest BCUT2D eigenvalue weighted by Crippen LogP contribution is -2.40. The van der Waals surface area contributed by atoms with E-state index in [1.807, 2.05) is 31.2 Å². The van der Waals surface area contributed by atoms with Crippen molar-refractivity contribution in [1.29, 1.82) is 0 Å². The normalized spacial score (nSPS) is 13.9. The van der Waals surface area contributed by atoms with Gasteiger partial charge in [0.15, 0.2) is 0 Å².